The Hall–Kier alpha value is -1.81. The minimum atomic E-state index is -0.541. The average molecular weight is 444 g/mol. The van der Waals surface area contributed by atoms with Gasteiger partial charge in [0.15, 0.2) is 29.0 Å². The van der Waals surface area contributed by atoms with Crippen molar-refractivity contribution in [2.24, 2.45) is 5.92 Å². The third-order valence-electron chi connectivity index (χ3n) is 7.70. The number of anilines is 1. The van der Waals surface area contributed by atoms with Gasteiger partial charge in [0.1, 0.15) is 24.6 Å². The van der Waals surface area contributed by atoms with Crippen molar-refractivity contribution in [2.45, 2.75) is 94.5 Å². The highest BCUT2D eigenvalue weighted by Gasteiger charge is 2.58. The van der Waals surface area contributed by atoms with E-state index >= 15 is 0 Å². The van der Waals surface area contributed by atoms with E-state index in [4.69, 9.17) is 14.2 Å². The van der Waals surface area contributed by atoms with Gasteiger partial charge in [0, 0.05) is 19.4 Å². The number of hydrogen-bond donors (Lipinski definition) is 2. The summed E-state index contributed by atoms with van der Waals surface area (Å²) in [5, 5.41) is 13.5. The summed E-state index contributed by atoms with van der Waals surface area (Å²) >= 11 is 0. The molecule has 9 heteroatoms. The Labute approximate surface area is 187 Å². The van der Waals surface area contributed by atoms with Crippen LogP contribution in [0, 0.1) is 5.92 Å². The second kappa shape index (κ2) is 8.52. The molecule has 6 rings (SSSR count). The van der Waals surface area contributed by atoms with Crippen molar-refractivity contribution < 1.29 is 19.3 Å². The second-order valence-electron chi connectivity index (χ2n) is 9.82. The smallest absolute Gasteiger partial charge is 0.169 e. The maximum absolute atomic E-state index is 9.95. The minimum absolute atomic E-state index is 0.104. The Morgan fingerprint density at radius 1 is 1.00 bits per heavy atom. The maximum Gasteiger partial charge on any atom is 0.169 e. The highest BCUT2D eigenvalue weighted by atomic mass is 16.8. The first-order valence-corrected chi connectivity index (χ1v) is 12.3. The van der Waals surface area contributed by atoms with Crippen LogP contribution < -0.4 is 5.32 Å². The average Bonchev–Trinajstić information content (AvgIpc) is 3.51. The molecule has 2 aromatic heterocycles. The molecule has 0 aromatic carbocycles. The van der Waals surface area contributed by atoms with Gasteiger partial charge < -0.3 is 24.6 Å². The van der Waals surface area contributed by atoms with Crippen LogP contribution in [0.2, 0.25) is 0 Å². The van der Waals surface area contributed by atoms with E-state index in [0.717, 1.165) is 43.6 Å². The van der Waals surface area contributed by atoms with Crippen molar-refractivity contribution in [3.63, 3.8) is 0 Å². The lowest BCUT2D eigenvalue weighted by atomic mass is 9.89. The Balaban J connectivity index is 1.25. The van der Waals surface area contributed by atoms with Crippen LogP contribution >= 0.6 is 0 Å². The molecule has 2 N–H and O–H groups in total. The Bertz CT molecular complexity index is 940. The van der Waals surface area contributed by atoms with Crippen molar-refractivity contribution >= 4 is 17.0 Å². The largest absolute Gasteiger partial charge is 0.394 e. The molecule has 0 radical (unpaired) electrons. The van der Waals surface area contributed by atoms with Gasteiger partial charge in [-0.2, -0.15) is 0 Å². The van der Waals surface area contributed by atoms with E-state index in [-0.39, 0.29) is 18.8 Å². The summed E-state index contributed by atoms with van der Waals surface area (Å²) in [5.41, 5.74) is 1.45. The van der Waals surface area contributed by atoms with Gasteiger partial charge in [-0.25, -0.2) is 15.0 Å². The summed E-state index contributed by atoms with van der Waals surface area (Å²) in [7, 11) is 0. The van der Waals surface area contributed by atoms with Crippen molar-refractivity contribution in [1.29, 1.82) is 0 Å². The minimum Gasteiger partial charge on any atom is -0.394 e. The number of imidazole rings is 1. The molecule has 0 amide bonds. The molecule has 2 unspecified atom stereocenters. The predicted octanol–water partition coefficient (Wildman–Crippen LogP) is 3.15. The highest BCUT2D eigenvalue weighted by molar-refractivity contribution is 5.82. The van der Waals surface area contributed by atoms with Crippen LogP contribution in [0.5, 0.6) is 0 Å². The number of nitrogens with one attached hydrogen (secondary N) is 1. The monoisotopic (exact) mass is 443 g/mol. The van der Waals surface area contributed by atoms with Gasteiger partial charge in [-0.15, -0.1) is 0 Å². The van der Waals surface area contributed by atoms with Crippen molar-refractivity contribution in [3.05, 3.63) is 12.7 Å². The summed E-state index contributed by atoms with van der Waals surface area (Å²) in [6, 6.07) is 0. The first kappa shape index (κ1) is 20.8. The van der Waals surface area contributed by atoms with Crippen molar-refractivity contribution in [2.75, 3.05) is 18.5 Å². The molecule has 1 spiro atoms. The van der Waals surface area contributed by atoms with Crippen LogP contribution in [-0.2, 0) is 14.2 Å². The number of ether oxygens (including phenoxy) is 3. The molecule has 2 aliphatic heterocycles. The Morgan fingerprint density at radius 2 is 1.78 bits per heavy atom. The summed E-state index contributed by atoms with van der Waals surface area (Å²) in [4.78, 5) is 13.6. The first-order valence-electron chi connectivity index (χ1n) is 12.3. The lowest BCUT2D eigenvalue weighted by molar-refractivity contribution is -0.232. The van der Waals surface area contributed by atoms with Gasteiger partial charge in [0.05, 0.1) is 12.9 Å². The molecule has 9 nitrogen and oxygen atoms in total. The van der Waals surface area contributed by atoms with E-state index in [9.17, 15) is 5.11 Å². The van der Waals surface area contributed by atoms with Gasteiger partial charge in [0.2, 0.25) is 0 Å². The van der Waals surface area contributed by atoms with Gasteiger partial charge in [-0.1, -0.05) is 25.7 Å². The normalized spacial score (nSPS) is 32.5. The highest BCUT2D eigenvalue weighted by Crippen LogP contribution is 2.48. The molecule has 4 atom stereocenters. The summed E-state index contributed by atoms with van der Waals surface area (Å²) in [6.45, 7) is 0.808. The number of rotatable bonds is 5. The second-order valence-corrected chi connectivity index (χ2v) is 9.82. The topological polar surface area (TPSA) is 104 Å². The third-order valence-corrected chi connectivity index (χ3v) is 7.70. The lowest BCUT2D eigenvalue weighted by Gasteiger charge is -2.34. The quantitative estimate of drug-likeness (QED) is 0.726. The van der Waals surface area contributed by atoms with Crippen LogP contribution in [0.4, 0.5) is 5.82 Å². The number of nitrogens with zero attached hydrogens (tertiary/aromatic N) is 4. The molecule has 4 heterocycles. The Morgan fingerprint density at radius 3 is 2.59 bits per heavy atom. The van der Waals surface area contributed by atoms with Gasteiger partial charge in [-0.05, 0) is 31.6 Å². The molecule has 2 aliphatic carbocycles. The zero-order valence-electron chi connectivity index (χ0n) is 18.5. The number of aromatic nitrogens is 4. The molecule has 174 valence electrons. The van der Waals surface area contributed by atoms with Gasteiger partial charge >= 0.3 is 0 Å². The molecular weight excluding hydrogens is 410 g/mol. The summed E-state index contributed by atoms with van der Waals surface area (Å²) in [5.74, 6) is 0.914. The van der Waals surface area contributed by atoms with Crippen LogP contribution in [0.3, 0.4) is 0 Å². The molecule has 0 bridgehead atoms. The Kier molecular flexibility index (Phi) is 5.53. The van der Waals surface area contributed by atoms with Crippen LogP contribution in [0.1, 0.15) is 70.4 Å². The van der Waals surface area contributed by atoms with Crippen LogP contribution in [0.25, 0.3) is 11.2 Å². The zero-order valence-corrected chi connectivity index (χ0v) is 18.5. The van der Waals surface area contributed by atoms with Crippen LogP contribution in [-0.4, -0.2) is 61.9 Å². The van der Waals surface area contributed by atoms with Gasteiger partial charge in [-0.3, -0.25) is 4.57 Å². The van der Waals surface area contributed by atoms with Crippen molar-refractivity contribution in [3.8, 4) is 0 Å². The third kappa shape index (κ3) is 3.59. The fraction of sp³-hybridized carbons (Fsp3) is 0.783. The summed E-state index contributed by atoms with van der Waals surface area (Å²) in [6.07, 6.45) is 13.6. The number of hydrogen-bond acceptors (Lipinski definition) is 8. The summed E-state index contributed by atoms with van der Waals surface area (Å²) < 4.78 is 21.0. The van der Waals surface area contributed by atoms with E-state index in [2.05, 4.69) is 20.3 Å². The molecule has 32 heavy (non-hydrogen) atoms. The fourth-order valence-electron chi connectivity index (χ4n) is 6.00. The number of fused-ring (bicyclic) bond motifs is 2. The van der Waals surface area contributed by atoms with Gasteiger partial charge in [0.25, 0.3) is 0 Å². The first-order chi connectivity index (χ1) is 15.8. The van der Waals surface area contributed by atoms with E-state index in [1.807, 2.05) is 4.57 Å². The van der Waals surface area contributed by atoms with E-state index in [1.54, 1.807) is 12.7 Å². The fourth-order valence-corrected chi connectivity index (χ4v) is 6.00. The maximum atomic E-state index is 9.95. The molecule has 4 fully saturated rings. The van der Waals surface area contributed by atoms with Crippen molar-refractivity contribution in [1.82, 2.24) is 19.5 Å². The van der Waals surface area contributed by atoms with E-state index < -0.39 is 18.1 Å². The molecule has 4 aliphatic rings. The SMILES string of the molecule is OC[C@H]1O[C@@H](n2cnc3c(NCC4CCCCC4)ncnc32)C2OC3(CCCCC3)OC21. The van der Waals surface area contributed by atoms with E-state index in [0.29, 0.717) is 11.6 Å². The zero-order chi connectivity index (χ0) is 21.5. The van der Waals surface area contributed by atoms with E-state index in [1.165, 1.54) is 38.5 Å². The predicted molar refractivity (Wildman–Crippen MR) is 117 cm³/mol. The molecular formula is C23H33N5O4. The molecule has 2 saturated carbocycles. The lowest BCUT2D eigenvalue weighted by Crippen LogP contribution is -2.37. The standard InChI is InChI=1S/C23H33N5O4/c29-12-16-18-19(32-23(31-18)9-5-2-6-10-23)22(30-16)28-14-27-17-20(25-13-26-21(17)28)24-11-15-7-3-1-4-8-15/h13-16,18-19,22,29H,1-12H2,(H,24,25,26)/t16-,18?,19?,22-/m1/s1. The number of aliphatic hydroxyl groups is 1. The molecule has 2 aromatic rings. The number of aliphatic hydroxyl groups excluding tert-OH is 1. The molecule has 2 saturated heterocycles. The van der Waals surface area contributed by atoms with Crippen LogP contribution in [0.15, 0.2) is 12.7 Å².